The van der Waals surface area contributed by atoms with E-state index in [9.17, 15) is 4.79 Å². The van der Waals surface area contributed by atoms with Crippen molar-refractivity contribution in [3.8, 4) is 5.75 Å². The van der Waals surface area contributed by atoms with Crippen LogP contribution >= 0.6 is 0 Å². The van der Waals surface area contributed by atoms with Gasteiger partial charge in [0.25, 0.3) is 0 Å². The van der Waals surface area contributed by atoms with Gasteiger partial charge in [-0.1, -0.05) is 30.3 Å². The number of nitrogen functional groups attached to an aromatic ring is 1. The zero-order chi connectivity index (χ0) is 15.1. The molecule has 0 spiro atoms. The summed E-state index contributed by atoms with van der Waals surface area (Å²) < 4.78 is 10.3. The first-order valence-electron chi connectivity index (χ1n) is 6.85. The van der Waals surface area contributed by atoms with Gasteiger partial charge < -0.3 is 15.2 Å². The number of benzene rings is 2. The fourth-order valence-electron chi connectivity index (χ4n) is 2.03. The molecular weight excluding hydrogens is 266 g/mol. The molecule has 0 bridgehead atoms. The van der Waals surface area contributed by atoms with Gasteiger partial charge in [-0.15, -0.1) is 0 Å². The summed E-state index contributed by atoms with van der Waals surface area (Å²) in [6.45, 7) is 0.580. The molecule has 2 N–H and O–H groups in total. The van der Waals surface area contributed by atoms with Crippen molar-refractivity contribution in [3.05, 3.63) is 59.7 Å². The van der Waals surface area contributed by atoms with Crippen molar-refractivity contribution >= 4 is 11.7 Å². The van der Waals surface area contributed by atoms with E-state index >= 15 is 0 Å². The maximum Gasteiger partial charge on any atom is 0.337 e. The summed E-state index contributed by atoms with van der Waals surface area (Å²) in [5, 5.41) is 0. The molecule has 0 radical (unpaired) electrons. The largest absolute Gasteiger partial charge is 0.491 e. The van der Waals surface area contributed by atoms with E-state index in [2.05, 4.69) is 16.9 Å². The highest BCUT2D eigenvalue weighted by Gasteiger charge is 2.08. The van der Waals surface area contributed by atoms with Crippen LogP contribution in [0.15, 0.2) is 48.5 Å². The highest BCUT2D eigenvalue weighted by atomic mass is 16.5. The van der Waals surface area contributed by atoms with Crippen molar-refractivity contribution in [2.75, 3.05) is 19.5 Å². The van der Waals surface area contributed by atoms with Crippen molar-refractivity contribution in [2.45, 2.75) is 12.8 Å². The second-order valence-corrected chi connectivity index (χ2v) is 4.68. The van der Waals surface area contributed by atoms with Gasteiger partial charge in [0.2, 0.25) is 0 Å². The zero-order valence-electron chi connectivity index (χ0n) is 12.0. The number of esters is 1. The average molecular weight is 285 g/mol. The molecule has 0 aliphatic carbocycles. The number of carbonyl (C=O) groups is 1. The summed E-state index contributed by atoms with van der Waals surface area (Å²) in [6, 6.07) is 15.2. The predicted molar refractivity (Wildman–Crippen MR) is 82.5 cm³/mol. The molecule has 2 aromatic rings. The highest BCUT2D eigenvalue weighted by Crippen LogP contribution is 2.23. The molecule has 110 valence electrons. The van der Waals surface area contributed by atoms with Gasteiger partial charge in [0.05, 0.1) is 25.0 Å². The van der Waals surface area contributed by atoms with Crippen LogP contribution < -0.4 is 10.5 Å². The minimum atomic E-state index is -0.405. The summed E-state index contributed by atoms with van der Waals surface area (Å²) in [5.74, 6) is 0.188. The number of hydrogen-bond donors (Lipinski definition) is 1. The van der Waals surface area contributed by atoms with Crippen LogP contribution in [0.5, 0.6) is 5.75 Å². The van der Waals surface area contributed by atoms with Crippen molar-refractivity contribution in [1.82, 2.24) is 0 Å². The third kappa shape index (κ3) is 4.24. The number of ether oxygens (including phenoxy) is 2. The number of anilines is 1. The fraction of sp³-hybridized carbons (Fsp3) is 0.235. The Hall–Kier alpha value is -2.49. The highest BCUT2D eigenvalue weighted by molar-refractivity contribution is 5.90. The van der Waals surface area contributed by atoms with E-state index in [1.165, 1.54) is 12.7 Å². The molecule has 0 heterocycles. The second kappa shape index (κ2) is 7.33. The molecule has 0 aromatic heterocycles. The minimum absolute atomic E-state index is 0.405. The first kappa shape index (κ1) is 14.9. The lowest BCUT2D eigenvalue weighted by molar-refractivity contribution is 0.0601. The third-order valence-corrected chi connectivity index (χ3v) is 3.14. The Bertz CT molecular complexity index is 596. The first-order chi connectivity index (χ1) is 10.2. The molecule has 21 heavy (non-hydrogen) atoms. The van der Waals surface area contributed by atoms with Gasteiger partial charge in [-0.05, 0) is 36.6 Å². The quantitative estimate of drug-likeness (QED) is 0.503. The molecule has 2 aromatic carbocycles. The van der Waals surface area contributed by atoms with E-state index in [4.69, 9.17) is 10.5 Å². The summed E-state index contributed by atoms with van der Waals surface area (Å²) in [6.07, 6.45) is 1.86. The Balaban J connectivity index is 1.85. The topological polar surface area (TPSA) is 61.5 Å². The Morgan fingerprint density at radius 3 is 2.57 bits per heavy atom. The Morgan fingerprint density at radius 2 is 1.90 bits per heavy atom. The molecule has 0 aliphatic rings. The molecule has 4 heteroatoms. The minimum Gasteiger partial charge on any atom is -0.491 e. The molecule has 4 nitrogen and oxygen atoms in total. The molecule has 0 saturated carbocycles. The van der Waals surface area contributed by atoms with Crippen LogP contribution in [0.1, 0.15) is 22.3 Å². The van der Waals surface area contributed by atoms with Gasteiger partial charge in [0, 0.05) is 0 Å². The number of methoxy groups -OCH3 is 1. The van der Waals surface area contributed by atoms with E-state index < -0.39 is 5.97 Å². The summed E-state index contributed by atoms with van der Waals surface area (Å²) in [5.41, 5.74) is 8.03. The molecule has 0 atom stereocenters. The van der Waals surface area contributed by atoms with Crippen LogP contribution in [-0.4, -0.2) is 19.7 Å². The molecule has 2 rings (SSSR count). The number of rotatable bonds is 6. The number of carbonyl (C=O) groups excluding carboxylic acids is 1. The van der Waals surface area contributed by atoms with Crippen molar-refractivity contribution in [2.24, 2.45) is 0 Å². The van der Waals surface area contributed by atoms with Crippen LogP contribution in [-0.2, 0) is 11.2 Å². The molecular formula is C17H19NO3. The van der Waals surface area contributed by atoms with Gasteiger partial charge >= 0.3 is 5.97 Å². The van der Waals surface area contributed by atoms with E-state index in [1.54, 1.807) is 18.2 Å². The summed E-state index contributed by atoms with van der Waals surface area (Å²) in [7, 11) is 1.34. The fourth-order valence-corrected chi connectivity index (χ4v) is 2.03. The van der Waals surface area contributed by atoms with E-state index in [0.717, 1.165) is 12.8 Å². The molecule has 0 aliphatic heterocycles. The Labute approximate surface area is 124 Å². The van der Waals surface area contributed by atoms with Gasteiger partial charge in [0.1, 0.15) is 5.75 Å². The summed E-state index contributed by atoms with van der Waals surface area (Å²) in [4.78, 5) is 11.4. The molecule has 0 amide bonds. The van der Waals surface area contributed by atoms with Crippen LogP contribution in [0.25, 0.3) is 0 Å². The van der Waals surface area contributed by atoms with Gasteiger partial charge in [0.15, 0.2) is 0 Å². The van der Waals surface area contributed by atoms with E-state index in [-0.39, 0.29) is 0 Å². The predicted octanol–water partition coefficient (Wildman–Crippen LogP) is 3.07. The third-order valence-electron chi connectivity index (χ3n) is 3.14. The van der Waals surface area contributed by atoms with Crippen LogP contribution in [0, 0.1) is 0 Å². The van der Waals surface area contributed by atoms with Crippen LogP contribution in [0.3, 0.4) is 0 Å². The van der Waals surface area contributed by atoms with Crippen LogP contribution in [0.2, 0.25) is 0 Å². The number of aryl methyl sites for hydroxylation is 1. The maximum absolute atomic E-state index is 11.4. The monoisotopic (exact) mass is 285 g/mol. The molecule has 0 saturated heterocycles. The number of hydrogen-bond acceptors (Lipinski definition) is 4. The average Bonchev–Trinajstić information content (AvgIpc) is 2.53. The molecule has 0 unspecified atom stereocenters. The lowest BCUT2D eigenvalue weighted by Crippen LogP contribution is -2.05. The van der Waals surface area contributed by atoms with Gasteiger partial charge in [-0.25, -0.2) is 4.79 Å². The standard InChI is InChI=1S/C17H19NO3/c1-20-17(19)14-9-10-16(15(18)12-14)21-11-5-8-13-6-3-2-4-7-13/h2-4,6-7,9-10,12H,5,8,11,18H2,1H3. The van der Waals surface area contributed by atoms with E-state index in [0.29, 0.717) is 23.6 Å². The maximum atomic E-state index is 11.4. The lowest BCUT2D eigenvalue weighted by atomic mass is 10.1. The molecule has 0 fully saturated rings. The Morgan fingerprint density at radius 1 is 1.14 bits per heavy atom. The van der Waals surface area contributed by atoms with Crippen molar-refractivity contribution in [3.63, 3.8) is 0 Å². The Kier molecular flexibility index (Phi) is 5.21. The first-order valence-corrected chi connectivity index (χ1v) is 6.85. The second-order valence-electron chi connectivity index (χ2n) is 4.68. The normalized spacial score (nSPS) is 10.1. The zero-order valence-corrected chi connectivity index (χ0v) is 12.0. The SMILES string of the molecule is COC(=O)c1ccc(OCCCc2ccccc2)c(N)c1. The van der Waals surface area contributed by atoms with Crippen molar-refractivity contribution in [1.29, 1.82) is 0 Å². The van der Waals surface area contributed by atoms with Gasteiger partial charge in [-0.2, -0.15) is 0 Å². The summed E-state index contributed by atoms with van der Waals surface area (Å²) >= 11 is 0. The lowest BCUT2D eigenvalue weighted by Gasteiger charge is -2.10. The van der Waals surface area contributed by atoms with E-state index in [1.807, 2.05) is 18.2 Å². The smallest absolute Gasteiger partial charge is 0.337 e. The van der Waals surface area contributed by atoms with Gasteiger partial charge in [-0.3, -0.25) is 0 Å². The van der Waals surface area contributed by atoms with Crippen LogP contribution in [0.4, 0.5) is 5.69 Å². The van der Waals surface area contributed by atoms with Crippen molar-refractivity contribution < 1.29 is 14.3 Å². The number of nitrogens with two attached hydrogens (primary N) is 1.